The van der Waals surface area contributed by atoms with E-state index in [2.05, 4.69) is 31.9 Å². The van der Waals surface area contributed by atoms with Gasteiger partial charge in [0.25, 0.3) is 0 Å². The Balaban J connectivity index is 3.07. The molecule has 9 heteroatoms. The number of carboxylic acid groups (broad SMARTS) is 1. The SMILES string of the molecule is O=C(CC(F)(F)F)Nc1c(Br)cc(Br)cc1C(=O)O. The van der Waals surface area contributed by atoms with Crippen molar-refractivity contribution in [2.24, 2.45) is 0 Å². The van der Waals surface area contributed by atoms with Crippen LogP contribution in [0, 0.1) is 0 Å². The topological polar surface area (TPSA) is 66.4 Å². The molecule has 0 aliphatic carbocycles. The summed E-state index contributed by atoms with van der Waals surface area (Å²) in [5.41, 5.74) is -0.540. The lowest BCUT2D eigenvalue weighted by Crippen LogP contribution is -2.22. The maximum absolute atomic E-state index is 12.0. The quantitative estimate of drug-likeness (QED) is 0.805. The second kappa shape index (κ2) is 5.91. The van der Waals surface area contributed by atoms with E-state index in [1.165, 1.54) is 12.1 Å². The van der Waals surface area contributed by atoms with Gasteiger partial charge in [0, 0.05) is 8.95 Å². The normalized spacial score (nSPS) is 11.2. The van der Waals surface area contributed by atoms with Crippen LogP contribution in [-0.4, -0.2) is 23.2 Å². The van der Waals surface area contributed by atoms with Crippen LogP contribution < -0.4 is 5.32 Å². The van der Waals surface area contributed by atoms with Crippen LogP contribution in [0.15, 0.2) is 21.1 Å². The van der Waals surface area contributed by atoms with Gasteiger partial charge in [-0.15, -0.1) is 0 Å². The van der Waals surface area contributed by atoms with Gasteiger partial charge in [-0.1, -0.05) is 15.9 Å². The summed E-state index contributed by atoms with van der Waals surface area (Å²) >= 11 is 6.03. The van der Waals surface area contributed by atoms with E-state index >= 15 is 0 Å². The molecular formula is C10H6Br2F3NO3. The molecule has 2 N–H and O–H groups in total. The van der Waals surface area contributed by atoms with Crippen LogP contribution in [0.1, 0.15) is 16.8 Å². The summed E-state index contributed by atoms with van der Waals surface area (Å²) in [4.78, 5) is 22.2. The summed E-state index contributed by atoms with van der Waals surface area (Å²) in [6.45, 7) is 0. The molecule has 0 heterocycles. The fourth-order valence-corrected chi connectivity index (χ4v) is 2.56. The predicted molar refractivity (Wildman–Crippen MR) is 68.1 cm³/mol. The molecule has 0 aliphatic rings. The summed E-state index contributed by atoms with van der Waals surface area (Å²) in [6.07, 6.45) is -6.34. The standard InChI is InChI=1S/C10H6Br2F3NO3/c11-4-1-5(9(18)19)8(6(12)2-4)16-7(17)3-10(13,14)15/h1-2H,3H2,(H,16,17)(H,18,19). The van der Waals surface area contributed by atoms with Crippen LogP contribution in [0.4, 0.5) is 18.9 Å². The predicted octanol–water partition coefficient (Wildman–Crippen LogP) is 3.80. The molecule has 0 aliphatic heterocycles. The minimum absolute atomic E-state index is 0.162. The van der Waals surface area contributed by atoms with E-state index in [9.17, 15) is 22.8 Å². The van der Waals surface area contributed by atoms with Gasteiger partial charge in [-0.25, -0.2) is 4.79 Å². The molecule has 0 saturated heterocycles. The van der Waals surface area contributed by atoms with E-state index in [-0.39, 0.29) is 15.7 Å². The minimum Gasteiger partial charge on any atom is -0.478 e. The van der Waals surface area contributed by atoms with Crippen molar-refractivity contribution in [2.75, 3.05) is 5.32 Å². The Morgan fingerprint density at radius 3 is 2.32 bits per heavy atom. The van der Waals surface area contributed by atoms with Gasteiger partial charge in [0.15, 0.2) is 0 Å². The zero-order valence-electron chi connectivity index (χ0n) is 9.02. The Labute approximate surface area is 122 Å². The van der Waals surface area contributed by atoms with Crippen LogP contribution in [0.3, 0.4) is 0 Å². The van der Waals surface area contributed by atoms with Gasteiger partial charge in [0.2, 0.25) is 5.91 Å². The molecule has 0 aromatic heterocycles. The van der Waals surface area contributed by atoms with Crippen molar-refractivity contribution in [1.29, 1.82) is 0 Å². The van der Waals surface area contributed by atoms with E-state index in [1.807, 2.05) is 5.32 Å². The number of benzene rings is 1. The third-order valence-corrected chi connectivity index (χ3v) is 2.99. The average molecular weight is 405 g/mol. The summed E-state index contributed by atoms with van der Waals surface area (Å²) in [5.74, 6) is -2.71. The van der Waals surface area contributed by atoms with Gasteiger partial charge in [-0.3, -0.25) is 4.79 Å². The summed E-state index contributed by atoms with van der Waals surface area (Å²) < 4.78 is 36.7. The highest BCUT2D eigenvalue weighted by atomic mass is 79.9. The van der Waals surface area contributed by atoms with Crippen molar-refractivity contribution in [3.63, 3.8) is 0 Å². The third kappa shape index (κ3) is 4.83. The number of rotatable bonds is 3. The van der Waals surface area contributed by atoms with Crippen LogP contribution in [0.5, 0.6) is 0 Å². The molecule has 4 nitrogen and oxygen atoms in total. The van der Waals surface area contributed by atoms with E-state index in [0.29, 0.717) is 4.47 Å². The summed E-state index contributed by atoms with van der Waals surface area (Å²) in [7, 11) is 0. The molecule has 0 bridgehead atoms. The number of carbonyl (C=O) groups is 2. The molecule has 0 radical (unpaired) electrons. The monoisotopic (exact) mass is 403 g/mol. The third-order valence-electron chi connectivity index (χ3n) is 1.91. The number of hydrogen-bond donors (Lipinski definition) is 2. The molecule has 0 saturated carbocycles. The van der Waals surface area contributed by atoms with Crippen LogP contribution in [0.2, 0.25) is 0 Å². The number of alkyl halides is 3. The highest BCUT2D eigenvalue weighted by Gasteiger charge is 2.32. The largest absolute Gasteiger partial charge is 0.478 e. The first-order valence-electron chi connectivity index (χ1n) is 4.69. The van der Waals surface area contributed by atoms with Crippen molar-refractivity contribution in [1.82, 2.24) is 0 Å². The van der Waals surface area contributed by atoms with Crippen LogP contribution in [-0.2, 0) is 4.79 Å². The van der Waals surface area contributed by atoms with Crippen molar-refractivity contribution in [3.05, 3.63) is 26.6 Å². The summed E-state index contributed by atoms with van der Waals surface area (Å²) in [6, 6.07) is 2.59. The number of carboxylic acids is 1. The Kier molecular flexibility index (Phi) is 4.97. The Bertz CT molecular complexity index is 531. The van der Waals surface area contributed by atoms with Crippen molar-refractivity contribution >= 4 is 49.4 Å². The first kappa shape index (κ1) is 16.0. The fraction of sp³-hybridized carbons (Fsp3) is 0.200. The average Bonchev–Trinajstić information content (AvgIpc) is 2.18. The Hall–Kier alpha value is -1.09. The molecule has 19 heavy (non-hydrogen) atoms. The van der Waals surface area contributed by atoms with Crippen LogP contribution in [0.25, 0.3) is 0 Å². The number of halogens is 5. The first-order chi connectivity index (χ1) is 8.60. The maximum atomic E-state index is 12.0. The van der Waals surface area contributed by atoms with Gasteiger partial charge >= 0.3 is 12.1 Å². The lowest BCUT2D eigenvalue weighted by atomic mass is 10.1. The molecule has 1 rings (SSSR count). The molecule has 0 atom stereocenters. The van der Waals surface area contributed by atoms with Crippen molar-refractivity contribution in [3.8, 4) is 0 Å². The number of carbonyl (C=O) groups excluding carboxylic acids is 1. The smallest absolute Gasteiger partial charge is 0.397 e. The Morgan fingerprint density at radius 1 is 1.26 bits per heavy atom. The van der Waals surface area contributed by atoms with E-state index in [0.717, 1.165) is 0 Å². The zero-order chi connectivity index (χ0) is 14.8. The highest BCUT2D eigenvalue weighted by molar-refractivity contribution is 9.11. The van der Waals surface area contributed by atoms with E-state index in [1.54, 1.807) is 0 Å². The number of aromatic carboxylic acids is 1. The van der Waals surface area contributed by atoms with Gasteiger partial charge in [0.1, 0.15) is 6.42 Å². The maximum Gasteiger partial charge on any atom is 0.397 e. The van der Waals surface area contributed by atoms with E-state index < -0.39 is 24.5 Å². The molecule has 104 valence electrons. The fourth-order valence-electron chi connectivity index (χ4n) is 1.23. The van der Waals surface area contributed by atoms with Gasteiger partial charge in [-0.05, 0) is 28.1 Å². The highest BCUT2D eigenvalue weighted by Crippen LogP contribution is 2.31. The molecule has 0 unspecified atom stereocenters. The van der Waals surface area contributed by atoms with Crippen molar-refractivity contribution < 1.29 is 27.9 Å². The number of nitrogens with one attached hydrogen (secondary N) is 1. The lowest BCUT2D eigenvalue weighted by molar-refractivity contribution is -0.150. The number of hydrogen-bond acceptors (Lipinski definition) is 2. The Morgan fingerprint density at radius 2 is 1.84 bits per heavy atom. The molecule has 0 spiro atoms. The van der Waals surface area contributed by atoms with Crippen LogP contribution >= 0.6 is 31.9 Å². The van der Waals surface area contributed by atoms with Gasteiger partial charge in [-0.2, -0.15) is 13.2 Å². The molecule has 1 aromatic rings. The number of anilines is 1. The zero-order valence-corrected chi connectivity index (χ0v) is 12.2. The summed E-state index contributed by atoms with van der Waals surface area (Å²) in [5, 5.41) is 10.9. The van der Waals surface area contributed by atoms with Gasteiger partial charge < -0.3 is 10.4 Å². The number of amides is 1. The van der Waals surface area contributed by atoms with E-state index in [4.69, 9.17) is 5.11 Å². The molecule has 1 amide bonds. The first-order valence-corrected chi connectivity index (χ1v) is 6.27. The lowest BCUT2D eigenvalue weighted by Gasteiger charge is -2.12. The second-order valence-corrected chi connectivity index (χ2v) is 5.23. The molecule has 0 fully saturated rings. The van der Waals surface area contributed by atoms with Gasteiger partial charge in [0.05, 0.1) is 11.3 Å². The minimum atomic E-state index is -4.66. The molecule has 1 aromatic carbocycles. The second-order valence-electron chi connectivity index (χ2n) is 3.46. The molecular weight excluding hydrogens is 399 g/mol. The van der Waals surface area contributed by atoms with Crippen molar-refractivity contribution in [2.45, 2.75) is 12.6 Å².